The van der Waals surface area contributed by atoms with Crippen LogP contribution in [-0.4, -0.2) is 35.4 Å². The quantitative estimate of drug-likeness (QED) is 0.542. The van der Waals surface area contributed by atoms with Crippen molar-refractivity contribution >= 4 is 17.7 Å². The first kappa shape index (κ1) is 18.4. The number of hydrogen-bond donors (Lipinski definition) is 2. The van der Waals surface area contributed by atoms with Crippen molar-refractivity contribution in [1.29, 1.82) is 0 Å². The number of rotatable bonds is 5. The van der Waals surface area contributed by atoms with Gasteiger partial charge >= 0.3 is 0 Å². The summed E-state index contributed by atoms with van der Waals surface area (Å²) >= 11 is 0. The summed E-state index contributed by atoms with van der Waals surface area (Å²) in [7, 11) is 1.79. The van der Waals surface area contributed by atoms with E-state index in [1.807, 2.05) is 49.4 Å². The molecule has 3 N–H and O–H groups in total. The summed E-state index contributed by atoms with van der Waals surface area (Å²) in [5.41, 5.74) is 9.69. The summed E-state index contributed by atoms with van der Waals surface area (Å²) in [4.78, 5) is 20.7. The van der Waals surface area contributed by atoms with Gasteiger partial charge in [0.15, 0.2) is 0 Å². The molecule has 0 radical (unpaired) electrons. The van der Waals surface area contributed by atoms with E-state index in [0.29, 0.717) is 11.5 Å². The molecule has 0 saturated heterocycles. The molecular weight excluding hydrogens is 368 g/mol. The maximum atomic E-state index is 12.5. The Morgan fingerprint density at radius 3 is 2.66 bits per heavy atom. The summed E-state index contributed by atoms with van der Waals surface area (Å²) in [6.45, 7) is 1.91. The van der Waals surface area contributed by atoms with Crippen LogP contribution in [0.25, 0.3) is 22.5 Å². The Balaban J connectivity index is 1.46. The summed E-state index contributed by atoms with van der Waals surface area (Å²) in [5, 5.41) is 11.6. The number of benzene rings is 1. The highest BCUT2D eigenvalue weighted by Crippen LogP contribution is 2.21. The molecule has 0 atom stereocenters. The molecule has 9 nitrogen and oxygen atoms in total. The molecule has 146 valence electrons. The van der Waals surface area contributed by atoms with Crippen LogP contribution >= 0.6 is 0 Å². The van der Waals surface area contributed by atoms with Crippen molar-refractivity contribution in [2.45, 2.75) is 13.5 Å². The number of aryl methyl sites for hydroxylation is 2. The topological polar surface area (TPSA) is 117 Å². The van der Waals surface area contributed by atoms with Gasteiger partial charge in [-0.05, 0) is 13.0 Å². The van der Waals surface area contributed by atoms with Gasteiger partial charge < -0.3 is 11.1 Å². The Morgan fingerprint density at radius 1 is 1.10 bits per heavy atom. The van der Waals surface area contributed by atoms with Crippen molar-refractivity contribution in [2.75, 3.05) is 11.1 Å². The molecule has 0 aliphatic rings. The lowest BCUT2D eigenvalue weighted by Crippen LogP contribution is -2.20. The van der Waals surface area contributed by atoms with Gasteiger partial charge in [0.2, 0.25) is 11.9 Å². The van der Waals surface area contributed by atoms with Crippen LogP contribution in [0.2, 0.25) is 0 Å². The molecule has 9 heteroatoms. The van der Waals surface area contributed by atoms with Crippen LogP contribution in [0.3, 0.4) is 0 Å². The number of carbonyl (C=O) groups excluding carboxylic acids is 1. The molecule has 0 aliphatic heterocycles. The highest BCUT2D eigenvalue weighted by atomic mass is 16.2. The molecule has 3 aromatic heterocycles. The van der Waals surface area contributed by atoms with Crippen LogP contribution in [0.5, 0.6) is 0 Å². The Morgan fingerprint density at radius 2 is 1.90 bits per heavy atom. The van der Waals surface area contributed by atoms with Crippen LogP contribution < -0.4 is 11.1 Å². The summed E-state index contributed by atoms with van der Waals surface area (Å²) in [6.07, 6.45) is 3.39. The largest absolute Gasteiger partial charge is 0.368 e. The van der Waals surface area contributed by atoms with Crippen molar-refractivity contribution in [1.82, 2.24) is 29.5 Å². The molecule has 29 heavy (non-hydrogen) atoms. The second-order valence-corrected chi connectivity index (χ2v) is 6.63. The average Bonchev–Trinajstić information content (AvgIpc) is 3.29. The first-order valence-corrected chi connectivity index (χ1v) is 9.01. The highest BCUT2D eigenvalue weighted by Gasteiger charge is 2.12. The van der Waals surface area contributed by atoms with E-state index < -0.39 is 0 Å². The van der Waals surface area contributed by atoms with Crippen LogP contribution in [0.15, 0.2) is 54.9 Å². The predicted molar refractivity (Wildman–Crippen MR) is 110 cm³/mol. The SMILES string of the molecule is Cc1cc(-c2cnn(CC(=O)Nc3cc(-c4ccccc4)nn3C)c2)nc(N)n1. The molecule has 3 heterocycles. The summed E-state index contributed by atoms with van der Waals surface area (Å²) < 4.78 is 3.19. The van der Waals surface area contributed by atoms with Gasteiger partial charge in [-0.1, -0.05) is 30.3 Å². The van der Waals surface area contributed by atoms with Crippen molar-refractivity contribution < 1.29 is 4.79 Å². The maximum absolute atomic E-state index is 12.5. The van der Waals surface area contributed by atoms with Gasteiger partial charge in [0.05, 0.1) is 17.6 Å². The maximum Gasteiger partial charge on any atom is 0.247 e. The van der Waals surface area contributed by atoms with Crippen molar-refractivity contribution in [2.24, 2.45) is 7.05 Å². The average molecular weight is 388 g/mol. The Hall–Kier alpha value is -4.01. The van der Waals surface area contributed by atoms with Crippen LogP contribution in [0.1, 0.15) is 5.69 Å². The van der Waals surface area contributed by atoms with Crippen molar-refractivity contribution in [3.05, 3.63) is 60.6 Å². The van der Waals surface area contributed by atoms with E-state index in [9.17, 15) is 4.79 Å². The second-order valence-electron chi connectivity index (χ2n) is 6.63. The van der Waals surface area contributed by atoms with E-state index >= 15 is 0 Å². The molecule has 0 spiro atoms. The minimum Gasteiger partial charge on any atom is -0.368 e. The van der Waals surface area contributed by atoms with Crippen LogP contribution in [0.4, 0.5) is 11.8 Å². The van der Waals surface area contributed by atoms with E-state index in [-0.39, 0.29) is 18.4 Å². The molecule has 0 fully saturated rings. The predicted octanol–water partition coefficient (Wildman–Crippen LogP) is 2.27. The third-order valence-corrected chi connectivity index (χ3v) is 4.32. The van der Waals surface area contributed by atoms with Crippen molar-refractivity contribution in [3.8, 4) is 22.5 Å². The Kier molecular flexibility index (Phi) is 4.78. The Labute approximate surface area is 167 Å². The summed E-state index contributed by atoms with van der Waals surface area (Å²) in [6, 6.07) is 13.5. The second kappa shape index (κ2) is 7.55. The number of anilines is 2. The fraction of sp³-hybridized carbons (Fsp3) is 0.150. The van der Waals surface area contributed by atoms with Gasteiger partial charge in [-0.15, -0.1) is 0 Å². The molecule has 0 unspecified atom stereocenters. The normalized spacial score (nSPS) is 10.8. The molecule has 0 saturated carbocycles. The van der Waals surface area contributed by atoms with Gasteiger partial charge in [-0.3, -0.25) is 14.2 Å². The fourth-order valence-electron chi connectivity index (χ4n) is 2.99. The number of nitrogen functional groups attached to an aromatic ring is 1. The Bertz CT molecular complexity index is 1140. The summed E-state index contributed by atoms with van der Waals surface area (Å²) in [5.74, 6) is 0.608. The van der Waals surface area contributed by atoms with Crippen molar-refractivity contribution in [3.63, 3.8) is 0 Å². The number of amides is 1. The number of hydrogen-bond acceptors (Lipinski definition) is 6. The lowest BCUT2D eigenvalue weighted by atomic mass is 10.2. The molecule has 1 aromatic carbocycles. The first-order chi connectivity index (χ1) is 14.0. The number of nitrogens with one attached hydrogen (secondary N) is 1. The third kappa shape index (κ3) is 4.13. The molecule has 4 rings (SSSR count). The fourth-order valence-corrected chi connectivity index (χ4v) is 2.99. The molecule has 1 amide bonds. The monoisotopic (exact) mass is 388 g/mol. The zero-order valence-corrected chi connectivity index (χ0v) is 16.1. The van der Waals surface area contributed by atoms with E-state index in [2.05, 4.69) is 25.5 Å². The first-order valence-electron chi connectivity index (χ1n) is 9.01. The highest BCUT2D eigenvalue weighted by molar-refractivity contribution is 5.90. The number of carbonyl (C=O) groups is 1. The zero-order valence-electron chi connectivity index (χ0n) is 16.1. The van der Waals surface area contributed by atoms with Crippen LogP contribution in [0, 0.1) is 6.92 Å². The van der Waals surface area contributed by atoms with Gasteiger partial charge in [-0.25, -0.2) is 9.97 Å². The van der Waals surface area contributed by atoms with Crippen LogP contribution in [-0.2, 0) is 18.4 Å². The lowest BCUT2D eigenvalue weighted by molar-refractivity contribution is -0.116. The minimum absolute atomic E-state index is 0.0609. The smallest absolute Gasteiger partial charge is 0.247 e. The number of nitrogens with two attached hydrogens (primary N) is 1. The van der Waals surface area contributed by atoms with E-state index in [0.717, 1.165) is 22.5 Å². The lowest BCUT2D eigenvalue weighted by Gasteiger charge is -2.05. The van der Waals surface area contributed by atoms with Gasteiger partial charge in [0, 0.05) is 36.1 Å². The van der Waals surface area contributed by atoms with E-state index in [1.54, 1.807) is 28.8 Å². The standard InChI is InChI=1S/C20H20N8O/c1-13-8-16(24-20(21)23-13)15-10-22-28(11-15)12-19(29)25-18-9-17(26-27(18)2)14-6-4-3-5-7-14/h3-11H,12H2,1-2H3,(H,25,29)(H2,21,23,24). The third-order valence-electron chi connectivity index (χ3n) is 4.32. The molecule has 0 bridgehead atoms. The molecule has 0 aliphatic carbocycles. The molecular formula is C20H20N8O. The van der Waals surface area contributed by atoms with E-state index in [1.165, 1.54) is 0 Å². The van der Waals surface area contributed by atoms with E-state index in [4.69, 9.17) is 5.73 Å². The van der Waals surface area contributed by atoms with Gasteiger partial charge in [0.1, 0.15) is 12.4 Å². The number of aromatic nitrogens is 6. The number of nitrogens with zero attached hydrogens (tertiary/aromatic N) is 6. The van der Waals surface area contributed by atoms with Gasteiger partial charge in [0.25, 0.3) is 0 Å². The minimum atomic E-state index is -0.208. The zero-order chi connectivity index (χ0) is 20.4. The molecule has 4 aromatic rings. The van der Waals surface area contributed by atoms with Gasteiger partial charge in [-0.2, -0.15) is 10.2 Å².